The van der Waals surface area contributed by atoms with Gasteiger partial charge in [-0.05, 0) is 18.2 Å². The average Bonchev–Trinajstić information content (AvgIpc) is 2.81. The minimum absolute atomic E-state index is 0.293. The molecule has 1 aromatic carbocycles. The van der Waals surface area contributed by atoms with Gasteiger partial charge in [0, 0.05) is 22.8 Å². The summed E-state index contributed by atoms with van der Waals surface area (Å²) < 4.78 is 0. The number of nitrogens with zero attached hydrogens (tertiary/aromatic N) is 1. The number of carbonyl (C=O) groups excluding carboxylic acids is 2. The molecule has 7 heteroatoms. The standard InChI is InChI=1S/C11H10N4O2S/c12-10(17)14-8-3-1-2-7(6-8)9(16)15-11-13-4-5-18-11/h1-6H,(H3,12,14,17)(H,13,15,16). The monoisotopic (exact) mass is 262 g/mol. The van der Waals surface area contributed by atoms with Gasteiger partial charge in [-0.1, -0.05) is 6.07 Å². The molecule has 2 rings (SSSR count). The Kier molecular flexibility index (Phi) is 3.54. The number of hydrogen-bond acceptors (Lipinski definition) is 4. The van der Waals surface area contributed by atoms with Crippen molar-refractivity contribution in [2.75, 3.05) is 10.6 Å². The van der Waals surface area contributed by atoms with Crippen molar-refractivity contribution in [1.29, 1.82) is 0 Å². The average molecular weight is 262 g/mol. The Labute approximate surface area is 107 Å². The molecule has 0 unspecified atom stereocenters. The van der Waals surface area contributed by atoms with E-state index in [1.54, 1.807) is 29.8 Å². The molecule has 1 heterocycles. The highest BCUT2D eigenvalue weighted by atomic mass is 32.1. The van der Waals surface area contributed by atoms with Crippen LogP contribution >= 0.6 is 11.3 Å². The van der Waals surface area contributed by atoms with Gasteiger partial charge in [-0.2, -0.15) is 0 Å². The van der Waals surface area contributed by atoms with Crippen molar-refractivity contribution in [2.24, 2.45) is 5.73 Å². The number of primary amides is 1. The van der Waals surface area contributed by atoms with E-state index >= 15 is 0 Å². The number of rotatable bonds is 3. The SMILES string of the molecule is NC(=O)Nc1cccc(C(=O)Nc2nccs2)c1. The van der Waals surface area contributed by atoms with Gasteiger partial charge >= 0.3 is 6.03 Å². The Morgan fingerprint density at radius 2 is 2.11 bits per heavy atom. The second-order valence-electron chi connectivity index (χ2n) is 3.36. The number of amides is 3. The Balaban J connectivity index is 2.12. The van der Waals surface area contributed by atoms with Crippen molar-refractivity contribution in [3.63, 3.8) is 0 Å². The molecule has 1 aromatic heterocycles. The molecule has 4 N–H and O–H groups in total. The highest BCUT2D eigenvalue weighted by molar-refractivity contribution is 7.13. The quantitative estimate of drug-likeness (QED) is 0.787. The van der Waals surface area contributed by atoms with Crippen molar-refractivity contribution in [1.82, 2.24) is 4.98 Å². The first-order chi connectivity index (χ1) is 8.65. The number of hydrogen-bond donors (Lipinski definition) is 3. The van der Waals surface area contributed by atoms with E-state index in [0.29, 0.717) is 16.4 Å². The molecule has 92 valence electrons. The number of nitrogens with two attached hydrogens (primary N) is 1. The number of aromatic nitrogens is 1. The fraction of sp³-hybridized carbons (Fsp3) is 0. The van der Waals surface area contributed by atoms with Crippen LogP contribution in [0, 0.1) is 0 Å². The normalized spacial score (nSPS) is 9.78. The molecular weight excluding hydrogens is 252 g/mol. The lowest BCUT2D eigenvalue weighted by molar-refractivity contribution is 0.102. The first kappa shape index (κ1) is 12.1. The summed E-state index contributed by atoms with van der Waals surface area (Å²) in [6.45, 7) is 0. The molecule has 0 aliphatic rings. The van der Waals surface area contributed by atoms with Crippen LogP contribution in [0.3, 0.4) is 0 Å². The van der Waals surface area contributed by atoms with E-state index in [2.05, 4.69) is 15.6 Å². The molecule has 0 atom stereocenters. The van der Waals surface area contributed by atoms with Gasteiger partial charge in [-0.3, -0.25) is 10.1 Å². The molecule has 2 aromatic rings. The minimum Gasteiger partial charge on any atom is -0.351 e. The fourth-order valence-electron chi connectivity index (χ4n) is 1.33. The van der Waals surface area contributed by atoms with Crippen LogP contribution in [0.2, 0.25) is 0 Å². The topological polar surface area (TPSA) is 97.1 Å². The molecule has 0 saturated carbocycles. The molecular formula is C11H10N4O2S. The van der Waals surface area contributed by atoms with Gasteiger partial charge in [0.05, 0.1) is 0 Å². The van der Waals surface area contributed by atoms with Crippen LogP contribution in [0.4, 0.5) is 15.6 Å². The summed E-state index contributed by atoms with van der Waals surface area (Å²) in [7, 11) is 0. The maximum atomic E-state index is 11.9. The summed E-state index contributed by atoms with van der Waals surface area (Å²) in [5.74, 6) is -0.293. The van der Waals surface area contributed by atoms with E-state index in [0.717, 1.165) is 0 Å². The fourth-order valence-corrected chi connectivity index (χ4v) is 1.86. The number of nitrogens with one attached hydrogen (secondary N) is 2. The number of carbonyl (C=O) groups is 2. The zero-order valence-electron chi connectivity index (χ0n) is 9.21. The lowest BCUT2D eigenvalue weighted by Crippen LogP contribution is -2.19. The van der Waals surface area contributed by atoms with E-state index < -0.39 is 6.03 Å². The summed E-state index contributed by atoms with van der Waals surface area (Å²) >= 11 is 1.33. The van der Waals surface area contributed by atoms with Crippen molar-refractivity contribution >= 4 is 34.1 Å². The van der Waals surface area contributed by atoms with E-state index in [1.165, 1.54) is 17.4 Å². The molecule has 3 amide bonds. The molecule has 0 saturated heterocycles. The molecule has 6 nitrogen and oxygen atoms in total. The third-order valence-electron chi connectivity index (χ3n) is 2.05. The molecule has 0 aliphatic carbocycles. The predicted octanol–water partition coefficient (Wildman–Crippen LogP) is 1.89. The lowest BCUT2D eigenvalue weighted by Gasteiger charge is -2.05. The maximum absolute atomic E-state index is 11.9. The number of thiazole rings is 1. The minimum atomic E-state index is -0.674. The van der Waals surface area contributed by atoms with Gasteiger partial charge in [0.2, 0.25) is 0 Å². The van der Waals surface area contributed by atoms with Gasteiger partial charge in [0.1, 0.15) is 0 Å². The highest BCUT2D eigenvalue weighted by Crippen LogP contribution is 2.14. The lowest BCUT2D eigenvalue weighted by atomic mass is 10.2. The van der Waals surface area contributed by atoms with Crippen LogP contribution in [0.5, 0.6) is 0 Å². The highest BCUT2D eigenvalue weighted by Gasteiger charge is 2.08. The van der Waals surface area contributed by atoms with Crippen molar-refractivity contribution in [3.05, 3.63) is 41.4 Å². The van der Waals surface area contributed by atoms with E-state index in [-0.39, 0.29) is 5.91 Å². The summed E-state index contributed by atoms with van der Waals surface area (Å²) in [6.07, 6.45) is 1.60. The zero-order chi connectivity index (χ0) is 13.0. The Morgan fingerprint density at radius 3 is 2.78 bits per heavy atom. The largest absolute Gasteiger partial charge is 0.351 e. The Hall–Kier alpha value is -2.41. The third kappa shape index (κ3) is 3.05. The van der Waals surface area contributed by atoms with Gasteiger partial charge in [0.25, 0.3) is 5.91 Å². The summed E-state index contributed by atoms with van der Waals surface area (Å²) in [4.78, 5) is 26.5. The van der Waals surface area contributed by atoms with E-state index in [4.69, 9.17) is 5.73 Å². The molecule has 0 aliphatic heterocycles. The molecule has 0 radical (unpaired) electrons. The number of urea groups is 1. The summed E-state index contributed by atoms with van der Waals surface area (Å²) in [5, 5.41) is 7.33. The first-order valence-corrected chi connectivity index (χ1v) is 5.90. The molecule has 18 heavy (non-hydrogen) atoms. The van der Waals surface area contributed by atoms with Gasteiger partial charge in [0.15, 0.2) is 5.13 Å². The van der Waals surface area contributed by atoms with Gasteiger partial charge in [-0.15, -0.1) is 11.3 Å². The van der Waals surface area contributed by atoms with Crippen LogP contribution in [0.15, 0.2) is 35.8 Å². The number of anilines is 2. The van der Waals surface area contributed by atoms with E-state index in [9.17, 15) is 9.59 Å². The predicted molar refractivity (Wildman–Crippen MR) is 69.7 cm³/mol. The van der Waals surface area contributed by atoms with Crippen LogP contribution < -0.4 is 16.4 Å². The van der Waals surface area contributed by atoms with Crippen molar-refractivity contribution in [2.45, 2.75) is 0 Å². The molecule has 0 spiro atoms. The number of benzene rings is 1. The van der Waals surface area contributed by atoms with Crippen LogP contribution in [-0.4, -0.2) is 16.9 Å². The Morgan fingerprint density at radius 1 is 1.28 bits per heavy atom. The second kappa shape index (κ2) is 5.28. The van der Waals surface area contributed by atoms with Crippen LogP contribution in [0.25, 0.3) is 0 Å². The Bertz CT molecular complexity index is 568. The second-order valence-corrected chi connectivity index (χ2v) is 4.26. The van der Waals surface area contributed by atoms with Crippen molar-refractivity contribution in [3.8, 4) is 0 Å². The zero-order valence-corrected chi connectivity index (χ0v) is 10.0. The smallest absolute Gasteiger partial charge is 0.316 e. The van der Waals surface area contributed by atoms with Gasteiger partial charge in [-0.25, -0.2) is 9.78 Å². The summed E-state index contributed by atoms with van der Waals surface area (Å²) in [6, 6.07) is 5.79. The van der Waals surface area contributed by atoms with Crippen molar-refractivity contribution < 1.29 is 9.59 Å². The summed E-state index contributed by atoms with van der Waals surface area (Å²) in [5.41, 5.74) is 5.88. The molecule has 0 bridgehead atoms. The molecule has 0 fully saturated rings. The van der Waals surface area contributed by atoms with Gasteiger partial charge < -0.3 is 11.1 Å². The van der Waals surface area contributed by atoms with Crippen LogP contribution in [0.1, 0.15) is 10.4 Å². The third-order valence-corrected chi connectivity index (χ3v) is 2.73. The first-order valence-electron chi connectivity index (χ1n) is 5.02. The van der Waals surface area contributed by atoms with Crippen LogP contribution in [-0.2, 0) is 0 Å². The maximum Gasteiger partial charge on any atom is 0.316 e. The van der Waals surface area contributed by atoms with E-state index in [1.807, 2.05) is 0 Å².